The molecule has 2 aromatic rings. The standard InChI is InChI=1S/2C12H26O3Si4.C8H28O4Si5/c2*1-16(2)13-19(14-17(3)4,15-18(5)6)12-10-8-7-9-11-12;1-13(2)9-17(10-14(3)4,11-15(5)6)12-16(7)8/h2*7-11,16-18H,1-6H3;13-16H,1-8H3. The Balaban J connectivity index is 0.000000797. The third-order valence-corrected chi connectivity index (χ3v) is 39.1. The van der Waals surface area contributed by atoms with Gasteiger partial charge in [0.15, 0.2) is 90.4 Å². The van der Waals surface area contributed by atoms with Gasteiger partial charge in [-0.25, -0.2) is 0 Å². The Morgan fingerprint density at radius 3 is 0.564 bits per heavy atom. The highest BCUT2D eigenvalue weighted by Gasteiger charge is 2.48. The normalized spacial score (nSPS) is 12.9. The Bertz CT molecular complexity index is 1080. The Labute approximate surface area is 357 Å². The van der Waals surface area contributed by atoms with Crippen molar-refractivity contribution in [3.63, 3.8) is 0 Å². The van der Waals surface area contributed by atoms with Crippen molar-refractivity contribution >= 4 is 127 Å². The summed E-state index contributed by atoms with van der Waals surface area (Å²) in [7, 11) is -20.4. The lowest BCUT2D eigenvalue weighted by Gasteiger charge is -2.35. The third kappa shape index (κ3) is 24.6. The van der Waals surface area contributed by atoms with Crippen LogP contribution in [0.2, 0.25) is 131 Å². The number of benzene rings is 2. The van der Waals surface area contributed by atoms with E-state index in [0.29, 0.717) is 0 Å². The summed E-state index contributed by atoms with van der Waals surface area (Å²) in [4.78, 5) is 0. The summed E-state index contributed by atoms with van der Waals surface area (Å²) in [6.45, 7) is 43.3. The van der Waals surface area contributed by atoms with Crippen molar-refractivity contribution < 1.29 is 41.2 Å². The molecule has 0 saturated carbocycles. The molecule has 23 heteroatoms. The van der Waals surface area contributed by atoms with E-state index in [9.17, 15) is 0 Å². The molecule has 320 valence electrons. The third-order valence-electron chi connectivity index (χ3n) is 6.12. The van der Waals surface area contributed by atoms with Crippen LogP contribution in [0.3, 0.4) is 0 Å². The van der Waals surface area contributed by atoms with Crippen molar-refractivity contribution in [3.8, 4) is 0 Å². The summed E-state index contributed by atoms with van der Waals surface area (Å²) in [5.74, 6) is 0. The smallest absolute Gasteiger partial charge is 0.416 e. The minimum atomic E-state index is -2.80. The van der Waals surface area contributed by atoms with Crippen molar-refractivity contribution in [2.24, 2.45) is 0 Å². The fraction of sp³-hybridized carbons (Fsp3) is 0.625. The largest absolute Gasteiger partial charge is 0.636 e. The second kappa shape index (κ2) is 28.4. The maximum atomic E-state index is 6.35. The molecule has 0 fully saturated rings. The average Bonchev–Trinajstić information content (AvgIpc) is 2.99. The van der Waals surface area contributed by atoms with E-state index in [1.165, 1.54) is 0 Å². The predicted octanol–water partition coefficient (Wildman–Crippen LogP) is 5.09. The molecule has 0 saturated heterocycles. The van der Waals surface area contributed by atoms with Gasteiger partial charge in [-0.1, -0.05) is 60.7 Å². The quantitative estimate of drug-likeness (QED) is 0.149. The van der Waals surface area contributed by atoms with Gasteiger partial charge in [-0.3, -0.25) is 0 Å². The Morgan fingerprint density at radius 1 is 0.255 bits per heavy atom. The highest BCUT2D eigenvalue weighted by Crippen LogP contribution is 2.19. The lowest BCUT2D eigenvalue weighted by atomic mass is 10.4. The van der Waals surface area contributed by atoms with Crippen molar-refractivity contribution in [1.82, 2.24) is 0 Å². The lowest BCUT2D eigenvalue weighted by molar-refractivity contribution is 0.164. The highest BCUT2D eigenvalue weighted by molar-refractivity contribution is 6.89. The van der Waals surface area contributed by atoms with E-state index in [0.717, 1.165) is 10.4 Å². The summed E-state index contributed by atoms with van der Waals surface area (Å²) >= 11 is 0. The molecule has 0 aliphatic rings. The van der Waals surface area contributed by atoms with Crippen LogP contribution in [0.4, 0.5) is 0 Å². The molecular formula is C32H80O10Si13. The summed E-state index contributed by atoms with van der Waals surface area (Å²) < 4.78 is 62.4. The molecule has 0 spiro atoms. The van der Waals surface area contributed by atoms with Gasteiger partial charge in [-0.05, 0) is 131 Å². The van der Waals surface area contributed by atoms with Gasteiger partial charge < -0.3 is 41.2 Å². The number of hydrogen-bond acceptors (Lipinski definition) is 10. The molecule has 0 aliphatic carbocycles. The molecule has 0 unspecified atom stereocenters. The van der Waals surface area contributed by atoms with Gasteiger partial charge in [0.25, 0.3) is 0 Å². The van der Waals surface area contributed by atoms with Gasteiger partial charge in [0.1, 0.15) is 0 Å². The molecule has 0 aromatic heterocycles. The first-order valence-corrected chi connectivity index (χ1v) is 53.2. The molecule has 0 heterocycles. The van der Waals surface area contributed by atoms with E-state index in [1.54, 1.807) is 0 Å². The fourth-order valence-corrected chi connectivity index (χ4v) is 42.3. The topological polar surface area (TPSA) is 92.3 Å². The molecule has 0 aliphatic heterocycles. The second-order valence-electron chi connectivity index (χ2n) is 16.0. The molecule has 0 atom stereocenters. The maximum Gasteiger partial charge on any atom is 0.636 e. The van der Waals surface area contributed by atoms with Crippen LogP contribution in [-0.4, -0.2) is 117 Å². The van der Waals surface area contributed by atoms with Gasteiger partial charge >= 0.3 is 26.7 Å². The van der Waals surface area contributed by atoms with Gasteiger partial charge in [-0.15, -0.1) is 0 Å². The van der Waals surface area contributed by atoms with Crippen LogP contribution >= 0.6 is 0 Å². The molecule has 0 bridgehead atoms. The maximum absolute atomic E-state index is 6.35. The zero-order valence-electron chi connectivity index (χ0n) is 38.1. The molecule has 0 amide bonds. The van der Waals surface area contributed by atoms with E-state index in [4.69, 9.17) is 41.2 Å². The van der Waals surface area contributed by atoms with Crippen molar-refractivity contribution in [2.45, 2.75) is 131 Å². The Hall–Kier alpha value is 0.859. The van der Waals surface area contributed by atoms with Gasteiger partial charge in [-0.2, -0.15) is 0 Å². The first-order chi connectivity index (χ1) is 25.4. The first-order valence-electron chi connectivity index (χ1n) is 20.3. The van der Waals surface area contributed by atoms with Crippen LogP contribution < -0.4 is 10.4 Å². The van der Waals surface area contributed by atoms with Gasteiger partial charge in [0.2, 0.25) is 0 Å². The summed E-state index contributed by atoms with van der Waals surface area (Å²) in [6, 6.07) is 20.6. The Morgan fingerprint density at radius 2 is 0.418 bits per heavy atom. The molecule has 2 rings (SSSR count). The van der Waals surface area contributed by atoms with Crippen LogP contribution in [0.25, 0.3) is 0 Å². The monoisotopic (exact) mass is 988 g/mol. The molecule has 2 aromatic carbocycles. The van der Waals surface area contributed by atoms with Crippen LogP contribution in [0, 0.1) is 0 Å². The van der Waals surface area contributed by atoms with E-state index in [-0.39, 0.29) is 0 Å². The fourth-order valence-electron chi connectivity index (χ4n) is 5.04. The number of rotatable bonds is 22. The van der Waals surface area contributed by atoms with Crippen LogP contribution in [0.5, 0.6) is 0 Å². The zero-order chi connectivity index (χ0) is 42.6. The van der Waals surface area contributed by atoms with E-state index >= 15 is 0 Å². The molecular weight excluding hydrogens is 909 g/mol. The van der Waals surface area contributed by atoms with E-state index in [1.807, 2.05) is 36.4 Å². The summed E-state index contributed by atoms with van der Waals surface area (Å²) in [6.07, 6.45) is 0. The predicted molar refractivity (Wildman–Crippen MR) is 269 cm³/mol. The van der Waals surface area contributed by atoms with Gasteiger partial charge in [0.05, 0.1) is 0 Å². The van der Waals surface area contributed by atoms with Crippen LogP contribution in [-0.2, 0) is 41.2 Å². The minimum absolute atomic E-state index is 1.12. The first kappa shape index (κ1) is 55.9. The van der Waals surface area contributed by atoms with Crippen LogP contribution in [0.1, 0.15) is 0 Å². The van der Waals surface area contributed by atoms with Crippen molar-refractivity contribution in [1.29, 1.82) is 0 Å². The van der Waals surface area contributed by atoms with Crippen molar-refractivity contribution in [2.75, 3.05) is 0 Å². The molecule has 10 nitrogen and oxygen atoms in total. The van der Waals surface area contributed by atoms with E-state index in [2.05, 4.69) is 155 Å². The summed E-state index contributed by atoms with van der Waals surface area (Å²) in [5.41, 5.74) is 0. The van der Waals surface area contributed by atoms with Crippen LogP contribution in [0.15, 0.2) is 60.7 Å². The average molecular weight is 990 g/mol. The zero-order valence-corrected chi connectivity index (χ0v) is 52.7. The van der Waals surface area contributed by atoms with Gasteiger partial charge in [0, 0.05) is 10.4 Å². The summed E-state index contributed by atoms with van der Waals surface area (Å²) in [5, 5.41) is 2.25. The minimum Gasteiger partial charge on any atom is -0.416 e. The second-order valence-corrected chi connectivity index (χ2v) is 50.8. The molecule has 0 radical (unpaired) electrons. The lowest BCUT2D eigenvalue weighted by Crippen LogP contribution is -2.61. The Kier molecular flexibility index (Phi) is 28.8. The molecule has 0 N–H and O–H groups in total. The van der Waals surface area contributed by atoms with E-state index < -0.39 is 117 Å². The molecule has 55 heavy (non-hydrogen) atoms. The highest BCUT2D eigenvalue weighted by atomic mass is 28.5. The SMILES string of the molecule is C[SiH](C)O[Si](O[SiH](C)C)(O[SiH](C)C)O[SiH](C)C.C[SiH](C)O[Si](O[SiH](C)C)(O[SiH](C)C)c1ccccc1.C[SiH](C)O[Si](O[SiH](C)C)(O[SiH](C)C)c1ccccc1. The number of hydrogen-bond donors (Lipinski definition) is 0. The van der Waals surface area contributed by atoms with Crippen molar-refractivity contribution in [3.05, 3.63) is 60.7 Å².